The molecule has 0 N–H and O–H groups in total. The van der Waals surface area contributed by atoms with E-state index in [1.807, 2.05) is 17.5 Å². The van der Waals surface area contributed by atoms with Gasteiger partial charge in [0.25, 0.3) is 0 Å². The number of hydrogen-bond acceptors (Lipinski definition) is 3. The van der Waals surface area contributed by atoms with Crippen LogP contribution in [-0.4, -0.2) is 30.3 Å². The molecule has 1 aliphatic heterocycles. The molecule has 1 aromatic rings. The number of thiophene rings is 1. The Bertz CT molecular complexity index is 374. The molecule has 0 amide bonds. The van der Waals surface area contributed by atoms with E-state index in [1.54, 1.807) is 11.3 Å². The Hall–Kier alpha value is -0.670. The highest BCUT2D eigenvalue weighted by atomic mass is 32.1. The van der Waals surface area contributed by atoms with Crippen molar-refractivity contribution < 1.29 is 4.79 Å². The molecule has 2 rings (SSSR count). The van der Waals surface area contributed by atoms with Crippen LogP contribution in [0.4, 0.5) is 0 Å². The molecule has 2 heterocycles. The van der Waals surface area contributed by atoms with Crippen LogP contribution in [0, 0.1) is 5.92 Å². The minimum Gasteiger partial charge on any atom is -0.303 e. The summed E-state index contributed by atoms with van der Waals surface area (Å²) in [6.07, 6.45) is 7.10. The van der Waals surface area contributed by atoms with Crippen LogP contribution >= 0.6 is 11.3 Å². The van der Waals surface area contributed by atoms with Gasteiger partial charge < -0.3 is 4.90 Å². The van der Waals surface area contributed by atoms with Crippen LogP contribution < -0.4 is 0 Å². The number of hydrogen-bond donors (Lipinski definition) is 0. The highest BCUT2D eigenvalue weighted by molar-refractivity contribution is 7.12. The van der Waals surface area contributed by atoms with Gasteiger partial charge in [-0.3, -0.25) is 4.79 Å². The molecule has 0 aromatic carbocycles. The summed E-state index contributed by atoms with van der Waals surface area (Å²) in [7, 11) is 0. The van der Waals surface area contributed by atoms with Crippen molar-refractivity contribution in [2.75, 3.05) is 19.6 Å². The summed E-state index contributed by atoms with van der Waals surface area (Å²) in [5.74, 6) is 1.24. The molecule has 19 heavy (non-hydrogen) atoms. The van der Waals surface area contributed by atoms with Gasteiger partial charge in [-0.15, -0.1) is 11.3 Å². The van der Waals surface area contributed by atoms with Crippen molar-refractivity contribution in [2.24, 2.45) is 5.92 Å². The molecule has 1 aliphatic rings. The number of nitrogens with zero attached hydrogens (tertiary/aromatic N) is 1. The van der Waals surface area contributed by atoms with E-state index < -0.39 is 0 Å². The molecular weight excluding hydrogens is 254 g/mol. The summed E-state index contributed by atoms with van der Waals surface area (Å²) < 4.78 is 0. The first-order valence-corrected chi connectivity index (χ1v) is 8.46. The standard InChI is InChI=1S/C16H25NOS/c1-2-14-6-3-10-17(12-9-14)11-4-7-15(18)16-8-5-13-19-16/h5,8,13-14H,2-4,6-7,9-12H2,1H3. The number of Topliss-reactive ketones (excluding diaryl/α,β-unsaturated/α-hetero) is 1. The van der Waals surface area contributed by atoms with E-state index in [9.17, 15) is 4.79 Å². The third-order valence-corrected chi connectivity index (χ3v) is 5.10. The molecule has 0 saturated carbocycles. The average Bonchev–Trinajstić information content (AvgIpc) is 2.86. The topological polar surface area (TPSA) is 20.3 Å². The molecule has 0 spiro atoms. The van der Waals surface area contributed by atoms with Crippen LogP contribution in [0.2, 0.25) is 0 Å². The first-order chi connectivity index (χ1) is 9.29. The van der Waals surface area contributed by atoms with Gasteiger partial charge in [0.1, 0.15) is 0 Å². The van der Waals surface area contributed by atoms with Crippen molar-refractivity contribution in [3.05, 3.63) is 22.4 Å². The molecule has 1 saturated heterocycles. The molecule has 2 nitrogen and oxygen atoms in total. The lowest BCUT2D eigenvalue weighted by Crippen LogP contribution is -2.26. The summed E-state index contributed by atoms with van der Waals surface area (Å²) in [6, 6.07) is 3.89. The number of likely N-dealkylation sites (tertiary alicyclic amines) is 1. The minimum atomic E-state index is 0.316. The number of ketones is 1. The van der Waals surface area contributed by atoms with Crippen molar-refractivity contribution in [2.45, 2.75) is 45.4 Å². The molecular formula is C16H25NOS. The van der Waals surface area contributed by atoms with E-state index in [1.165, 1.54) is 38.8 Å². The zero-order valence-electron chi connectivity index (χ0n) is 11.9. The lowest BCUT2D eigenvalue weighted by molar-refractivity contribution is 0.0978. The normalized spacial score (nSPS) is 21.2. The monoisotopic (exact) mass is 279 g/mol. The van der Waals surface area contributed by atoms with Crippen LogP contribution in [0.3, 0.4) is 0 Å². The van der Waals surface area contributed by atoms with E-state index in [0.717, 1.165) is 23.8 Å². The van der Waals surface area contributed by atoms with Crippen LogP contribution in [0.15, 0.2) is 17.5 Å². The predicted octanol–water partition coefficient (Wildman–Crippen LogP) is 4.22. The van der Waals surface area contributed by atoms with Gasteiger partial charge in [-0.2, -0.15) is 0 Å². The maximum Gasteiger partial charge on any atom is 0.172 e. The Morgan fingerprint density at radius 1 is 1.42 bits per heavy atom. The van der Waals surface area contributed by atoms with Gasteiger partial charge in [-0.05, 0) is 62.7 Å². The van der Waals surface area contributed by atoms with Crippen molar-refractivity contribution in [1.29, 1.82) is 0 Å². The molecule has 106 valence electrons. The lowest BCUT2D eigenvalue weighted by Gasteiger charge is -2.19. The van der Waals surface area contributed by atoms with Gasteiger partial charge in [0.2, 0.25) is 0 Å². The highest BCUT2D eigenvalue weighted by Crippen LogP contribution is 2.20. The van der Waals surface area contributed by atoms with Crippen molar-refractivity contribution in [1.82, 2.24) is 4.90 Å². The van der Waals surface area contributed by atoms with Crippen LogP contribution in [0.1, 0.15) is 55.1 Å². The van der Waals surface area contributed by atoms with Crippen LogP contribution in [0.25, 0.3) is 0 Å². The van der Waals surface area contributed by atoms with Gasteiger partial charge in [-0.25, -0.2) is 0 Å². The van der Waals surface area contributed by atoms with Gasteiger partial charge in [-0.1, -0.05) is 19.4 Å². The second kappa shape index (κ2) is 7.81. The molecule has 1 atom stereocenters. The fourth-order valence-electron chi connectivity index (χ4n) is 2.88. The average molecular weight is 279 g/mol. The largest absolute Gasteiger partial charge is 0.303 e. The number of carbonyl (C=O) groups excluding carboxylic acids is 1. The molecule has 1 unspecified atom stereocenters. The van der Waals surface area contributed by atoms with Crippen molar-refractivity contribution >= 4 is 17.1 Å². The van der Waals surface area contributed by atoms with E-state index in [4.69, 9.17) is 0 Å². The Morgan fingerprint density at radius 2 is 2.32 bits per heavy atom. The van der Waals surface area contributed by atoms with E-state index in [0.29, 0.717) is 12.2 Å². The van der Waals surface area contributed by atoms with Crippen molar-refractivity contribution in [3.63, 3.8) is 0 Å². The Labute approximate surface area is 120 Å². The number of carbonyl (C=O) groups is 1. The molecule has 1 fully saturated rings. The summed E-state index contributed by atoms with van der Waals surface area (Å²) in [4.78, 5) is 15.4. The fourth-order valence-corrected chi connectivity index (χ4v) is 3.57. The fraction of sp³-hybridized carbons (Fsp3) is 0.688. The molecule has 3 heteroatoms. The third-order valence-electron chi connectivity index (χ3n) is 4.19. The minimum absolute atomic E-state index is 0.316. The zero-order chi connectivity index (χ0) is 13.5. The maximum absolute atomic E-state index is 11.9. The third kappa shape index (κ3) is 4.73. The Morgan fingerprint density at radius 3 is 3.05 bits per heavy atom. The SMILES string of the molecule is CCC1CCCN(CCCC(=O)c2cccs2)CC1. The first kappa shape index (κ1) is 14.7. The summed E-state index contributed by atoms with van der Waals surface area (Å²) in [5, 5.41) is 1.98. The van der Waals surface area contributed by atoms with Crippen molar-refractivity contribution in [3.8, 4) is 0 Å². The summed E-state index contributed by atoms with van der Waals surface area (Å²) in [6.45, 7) is 5.85. The van der Waals surface area contributed by atoms with Crippen LogP contribution in [0.5, 0.6) is 0 Å². The quantitative estimate of drug-likeness (QED) is 0.727. The molecule has 0 bridgehead atoms. The van der Waals surface area contributed by atoms with E-state index in [2.05, 4.69) is 11.8 Å². The first-order valence-electron chi connectivity index (χ1n) is 7.58. The second-order valence-corrected chi connectivity index (χ2v) is 6.50. The van der Waals surface area contributed by atoms with E-state index >= 15 is 0 Å². The highest BCUT2D eigenvalue weighted by Gasteiger charge is 2.15. The maximum atomic E-state index is 11.9. The number of rotatable bonds is 6. The smallest absolute Gasteiger partial charge is 0.172 e. The van der Waals surface area contributed by atoms with Crippen LogP contribution in [-0.2, 0) is 0 Å². The summed E-state index contributed by atoms with van der Waals surface area (Å²) in [5.41, 5.74) is 0. The van der Waals surface area contributed by atoms with Gasteiger partial charge >= 0.3 is 0 Å². The lowest BCUT2D eigenvalue weighted by atomic mass is 9.98. The zero-order valence-corrected chi connectivity index (χ0v) is 12.8. The Kier molecular flexibility index (Phi) is 6.05. The van der Waals surface area contributed by atoms with Gasteiger partial charge in [0, 0.05) is 6.42 Å². The predicted molar refractivity (Wildman–Crippen MR) is 82.0 cm³/mol. The second-order valence-electron chi connectivity index (χ2n) is 5.55. The van der Waals surface area contributed by atoms with Gasteiger partial charge in [0.15, 0.2) is 5.78 Å². The van der Waals surface area contributed by atoms with E-state index in [-0.39, 0.29) is 0 Å². The molecule has 0 aliphatic carbocycles. The molecule has 0 radical (unpaired) electrons. The van der Waals surface area contributed by atoms with Gasteiger partial charge in [0.05, 0.1) is 4.88 Å². The summed E-state index contributed by atoms with van der Waals surface area (Å²) >= 11 is 1.56. The molecule has 1 aromatic heterocycles. The Balaban J connectivity index is 1.67.